The van der Waals surface area contributed by atoms with Crippen LogP contribution in [-0.4, -0.2) is 28.6 Å². The standard InChI is InChI=1S/C21H27N5/c1-4-22-21(23-14-16(2)17-10-6-5-7-11-17)24-15-20-25-18-12-8-9-13-19(18)26(20)3/h5-13,16H,4,14-15H2,1-3H3,(H2,22,23,24). The van der Waals surface area contributed by atoms with E-state index in [0.29, 0.717) is 12.5 Å². The van der Waals surface area contributed by atoms with E-state index in [9.17, 15) is 0 Å². The van der Waals surface area contributed by atoms with Crippen molar-refractivity contribution >= 4 is 17.0 Å². The van der Waals surface area contributed by atoms with Crippen LogP contribution in [0.1, 0.15) is 31.2 Å². The molecule has 0 aliphatic rings. The molecule has 1 unspecified atom stereocenters. The maximum absolute atomic E-state index is 4.72. The Bertz CT molecular complexity index is 866. The summed E-state index contributed by atoms with van der Waals surface area (Å²) in [6.45, 7) is 6.50. The van der Waals surface area contributed by atoms with E-state index in [0.717, 1.165) is 35.9 Å². The highest BCUT2D eigenvalue weighted by atomic mass is 15.2. The first-order chi connectivity index (χ1) is 12.7. The number of nitrogens with one attached hydrogen (secondary N) is 2. The van der Waals surface area contributed by atoms with Gasteiger partial charge in [0.25, 0.3) is 0 Å². The molecule has 1 heterocycles. The van der Waals surface area contributed by atoms with Crippen LogP contribution in [0, 0.1) is 0 Å². The summed E-state index contributed by atoms with van der Waals surface area (Å²) in [5, 5.41) is 6.76. The number of benzene rings is 2. The van der Waals surface area contributed by atoms with Gasteiger partial charge >= 0.3 is 0 Å². The zero-order valence-corrected chi connectivity index (χ0v) is 15.7. The summed E-state index contributed by atoms with van der Waals surface area (Å²) in [5.41, 5.74) is 3.47. The Kier molecular flexibility index (Phi) is 5.89. The SMILES string of the molecule is CCNC(=NCc1nc2ccccc2n1C)NCC(C)c1ccccc1. The van der Waals surface area contributed by atoms with Gasteiger partial charge in [-0.3, -0.25) is 0 Å². The molecule has 26 heavy (non-hydrogen) atoms. The van der Waals surface area contributed by atoms with Crippen molar-refractivity contribution in [2.75, 3.05) is 13.1 Å². The maximum Gasteiger partial charge on any atom is 0.191 e. The third-order valence-corrected chi connectivity index (χ3v) is 4.55. The van der Waals surface area contributed by atoms with Crippen molar-refractivity contribution in [1.29, 1.82) is 0 Å². The van der Waals surface area contributed by atoms with Gasteiger partial charge < -0.3 is 15.2 Å². The molecule has 5 heteroatoms. The van der Waals surface area contributed by atoms with E-state index in [1.54, 1.807) is 0 Å². The normalized spacial score (nSPS) is 13.0. The molecule has 1 aromatic heterocycles. The van der Waals surface area contributed by atoms with Crippen LogP contribution in [0.2, 0.25) is 0 Å². The summed E-state index contributed by atoms with van der Waals surface area (Å²) < 4.78 is 2.11. The van der Waals surface area contributed by atoms with Crippen molar-refractivity contribution in [2.24, 2.45) is 12.0 Å². The lowest BCUT2D eigenvalue weighted by Gasteiger charge is -2.16. The summed E-state index contributed by atoms with van der Waals surface area (Å²) >= 11 is 0. The summed E-state index contributed by atoms with van der Waals surface area (Å²) in [6.07, 6.45) is 0. The number of hydrogen-bond donors (Lipinski definition) is 2. The molecule has 0 amide bonds. The number of aromatic nitrogens is 2. The second kappa shape index (κ2) is 8.52. The molecule has 0 aliphatic carbocycles. The Morgan fingerprint density at radius 3 is 2.54 bits per heavy atom. The predicted molar refractivity (Wildman–Crippen MR) is 108 cm³/mol. The molecule has 1 atom stereocenters. The minimum absolute atomic E-state index is 0.413. The highest BCUT2D eigenvalue weighted by molar-refractivity contribution is 5.80. The van der Waals surface area contributed by atoms with Gasteiger partial charge in [0.2, 0.25) is 0 Å². The average molecular weight is 349 g/mol. The minimum Gasteiger partial charge on any atom is -0.357 e. The molecule has 0 saturated carbocycles. The van der Waals surface area contributed by atoms with E-state index in [4.69, 9.17) is 4.99 Å². The van der Waals surface area contributed by atoms with Crippen molar-refractivity contribution in [1.82, 2.24) is 20.2 Å². The fourth-order valence-electron chi connectivity index (χ4n) is 2.98. The molecule has 136 valence electrons. The third-order valence-electron chi connectivity index (χ3n) is 4.55. The molecule has 0 fully saturated rings. The Morgan fingerprint density at radius 2 is 1.81 bits per heavy atom. The topological polar surface area (TPSA) is 54.2 Å². The molecule has 0 radical (unpaired) electrons. The van der Waals surface area contributed by atoms with Gasteiger partial charge in [0.15, 0.2) is 5.96 Å². The van der Waals surface area contributed by atoms with Gasteiger partial charge in [-0.1, -0.05) is 49.4 Å². The monoisotopic (exact) mass is 349 g/mol. The van der Waals surface area contributed by atoms with Gasteiger partial charge in [0.05, 0.1) is 11.0 Å². The number of aryl methyl sites for hydroxylation is 1. The molecule has 0 saturated heterocycles. The third kappa shape index (κ3) is 4.23. The van der Waals surface area contributed by atoms with Crippen LogP contribution in [0.5, 0.6) is 0 Å². The Hall–Kier alpha value is -2.82. The van der Waals surface area contributed by atoms with E-state index >= 15 is 0 Å². The molecule has 3 rings (SSSR count). The van der Waals surface area contributed by atoms with Crippen molar-refractivity contribution in [2.45, 2.75) is 26.3 Å². The highest BCUT2D eigenvalue weighted by Crippen LogP contribution is 2.15. The van der Waals surface area contributed by atoms with Gasteiger partial charge in [-0.2, -0.15) is 0 Å². The van der Waals surface area contributed by atoms with Crippen molar-refractivity contribution in [3.8, 4) is 0 Å². The lowest BCUT2D eigenvalue weighted by molar-refractivity contribution is 0.696. The van der Waals surface area contributed by atoms with Gasteiger partial charge in [0.1, 0.15) is 12.4 Å². The second-order valence-electron chi connectivity index (χ2n) is 6.46. The van der Waals surface area contributed by atoms with Crippen LogP contribution in [-0.2, 0) is 13.6 Å². The van der Waals surface area contributed by atoms with E-state index in [1.807, 2.05) is 31.3 Å². The Balaban J connectivity index is 1.67. The number of imidazole rings is 1. The first kappa shape index (κ1) is 18.0. The molecule has 0 aliphatic heterocycles. The summed E-state index contributed by atoms with van der Waals surface area (Å²) in [6, 6.07) is 18.7. The Morgan fingerprint density at radius 1 is 1.08 bits per heavy atom. The number of nitrogens with zero attached hydrogens (tertiary/aromatic N) is 3. The maximum atomic E-state index is 4.72. The molecule has 0 spiro atoms. The van der Waals surface area contributed by atoms with Crippen LogP contribution in [0.3, 0.4) is 0 Å². The van der Waals surface area contributed by atoms with Crippen LogP contribution >= 0.6 is 0 Å². The van der Waals surface area contributed by atoms with Crippen LogP contribution < -0.4 is 10.6 Å². The van der Waals surface area contributed by atoms with Crippen LogP contribution in [0.25, 0.3) is 11.0 Å². The van der Waals surface area contributed by atoms with Crippen molar-refractivity contribution in [3.63, 3.8) is 0 Å². The molecule has 2 N–H and O–H groups in total. The number of guanidine groups is 1. The van der Waals surface area contributed by atoms with Gasteiger partial charge in [-0.25, -0.2) is 9.98 Å². The molecule has 5 nitrogen and oxygen atoms in total. The zero-order chi connectivity index (χ0) is 18.4. The highest BCUT2D eigenvalue weighted by Gasteiger charge is 2.08. The molecule has 0 bridgehead atoms. The fraction of sp³-hybridized carbons (Fsp3) is 0.333. The van der Waals surface area contributed by atoms with E-state index < -0.39 is 0 Å². The van der Waals surface area contributed by atoms with Crippen LogP contribution in [0.4, 0.5) is 0 Å². The van der Waals surface area contributed by atoms with E-state index in [-0.39, 0.29) is 0 Å². The Labute approximate surface area is 155 Å². The average Bonchev–Trinajstić information content (AvgIpc) is 3.00. The number of para-hydroxylation sites is 2. The number of aliphatic imine (C=N–C) groups is 1. The van der Waals surface area contributed by atoms with E-state index in [2.05, 4.69) is 64.4 Å². The smallest absolute Gasteiger partial charge is 0.191 e. The number of rotatable bonds is 6. The summed E-state index contributed by atoms with van der Waals surface area (Å²) in [5.74, 6) is 2.19. The predicted octanol–water partition coefficient (Wildman–Crippen LogP) is 3.43. The van der Waals surface area contributed by atoms with Gasteiger partial charge in [0, 0.05) is 20.1 Å². The largest absolute Gasteiger partial charge is 0.357 e. The first-order valence-electron chi connectivity index (χ1n) is 9.16. The first-order valence-corrected chi connectivity index (χ1v) is 9.16. The van der Waals surface area contributed by atoms with Crippen molar-refractivity contribution < 1.29 is 0 Å². The summed E-state index contributed by atoms with van der Waals surface area (Å²) in [7, 11) is 2.04. The molecule has 3 aromatic rings. The molecule has 2 aromatic carbocycles. The second-order valence-corrected chi connectivity index (χ2v) is 6.46. The van der Waals surface area contributed by atoms with Crippen molar-refractivity contribution in [3.05, 3.63) is 66.0 Å². The van der Waals surface area contributed by atoms with Gasteiger partial charge in [-0.05, 0) is 30.5 Å². The fourth-order valence-corrected chi connectivity index (χ4v) is 2.98. The zero-order valence-electron chi connectivity index (χ0n) is 15.7. The van der Waals surface area contributed by atoms with E-state index in [1.165, 1.54) is 5.56 Å². The lowest BCUT2D eigenvalue weighted by atomic mass is 10.0. The molecular weight excluding hydrogens is 322 g/mol. The number of hydrogen-bond acceptors (Lipinski definition) is 2. The number of fused-ring (bicyclic) bond motifs is 1. The lowest BCUT2D eigenvalue weighted by Crippen LogP contribution is -2.39. The van der Waals surface area contributed by atoms with Gasteiger partial charge in [-0.15, -0.1) is 0 Å². The quantitative estimate of drug-likeness (QED) is 0.529. The van der Waals surface area contributed by atoms with Crippen LogP contribution in [0.15, 0.2) is 59.6 Å². The summed E-state index contributed by atoms with van der Waals surface area (Å²) in [4.78, 5) is 9.40. The minimum atomic E-state index is 0.413. The molecular formula is C21H27N5.